The summed E-state index contributed by atoms with van der Waals surface area (Å²) >= 11 is 1.75. The minimum absolute atomic E-state index is 0.00255. The van der Waals surface area contributed by atoms with Crippen LogP contribution in [0.1, 0.15) is 26.7 Å². The van der Waals surface area contributed by atoms with Crippen molar-refractivity contribution in [1.82, 2.24) is 10.6 Å². The van der Waals surface area contributed by atoms with E-state index in [4.69, 9.17) is 0 Å². The van der Waals surface area contributed by atoms with Crippen molar-refractivity contribution in [3.8, 4) is 0 Å². The van der Waals surface area contributed by atoms with Crippen molar-refractivity contribution < 1.29 is 4.79 Å². The smallest absolute Gasteiger partial charge is 0.242 e. The molecular formula is C10H19N3OS. The van der Waals surface area contributed by atoms with Gasteiger partial charge in [-0.1, -0.05) is 25.1 Å². The molecular weight excluding hydrogens is 210 g/mol. The normalized spacial score (nSPS) is 22.1. The zero-order valence-corrected chi connectivity index (χ0v) is 10.4. The van der Waals surface area contributed by atoms with E-state index in [0.717, 1.165) is 11.7 Å². The van der Waals surface area contributed by atoms with Gasteiger partial charge in [0.05, 0.1) is 6.54 Å². The van der Waals surface area contributed by atoms with Gasteiger partial charge in [0, 0.05) is 12.3 Å². The van der Waals surface area contributed by atoms with Crippen molar-refractivity contribution >= 4 is 22.8 Å². The number of hydrogen-bond acceptors (Lipinski definition) is 4. The molecule has 1 amide bonds. The molecule has 0 bridgehead atoms. The van der Waals surface area contributed by atoms with Crippen molar-refractivity contribution in [3.05, 3.63) is 0 Å². The second-order valence-electron chi connectivity index (χ2n) is 3.65. The van der Waals surface area contributed by atoms with E-state index in [1.54, 1.807) is 18.8 Å². The van der Waals surface area contributed by atoms with Gasteiger partial charge < -0.3 is 10.6 Å². The van der Waals surface area contributed by atoms with E-state index in [-0.39, 0.29) is 11.9 Å². The largest absolute Gasteiger partial charge is 0.357 e. The molecule has 2 atom stereocenters. The number of aliphatic imine (C=N–C) groups is 1. The van der Waals surface area contributed by atoms with Crippen LogP contribution in [0.2, 0.25) is 0 Å². The Balaban J connectivity index is 2.32. The van der Waals surface area contributed by atoms with Crippen LogP contribution in [0, 0.1) is 0 Å². The van der Waals surface area contributed by atoms with Crippen molar-refractivity contribution in [2.45, 2.75) is 38.0 Å². The first kappa shape index (κ1) is 12.4. The third-order valence-electron chi connectivity index (χ3n) is 2.31. The molecule has 1 aliphatic heterocycles. The van der Waals surface area contributed by atoms with Crippen LogP contribution in [0.15, 0.2) is 4.99 Å². The van der Waals surface area contributed by atoms with E-state index in [0.29, 0.717) is 5.25 Å². The Morgan fingerprint density at radius 1 is 1.73 bits per heavy atom. The van der Waals surface area contributed by atoms with Gasteiger partial charge in [0.1, 0.15) is 6.04 Å². The molecule has 0 spiro atoms. The first-order chi connectivity index (χ1) is 7.17. The third-order valence-corrected chi connectivity index (χ3v) is 3.50. The summed E-state index contributed by atoms with van der Waals surface area (Å²) in [7, 11) is 1.64. The summed E-state index contributed by atoms with van der Waals surface area (Å²) in [5.41, 5.74) is 0. The van der Waals surface area contributed by atoms with E-state index >= 15 is 0 Å². The average molecular weight is 229 g/mol. The Kier molecular flexibility index (Phi) is 4.94. The Hall–Kier alpha value is -0.710. The minimum Gasteiger partial charge on any atom is -0.357 e. The van der Waals surface area contributed by atoms with Gasteiger partial charge in [0.25, 0.3) is 0 Å². The molecule has 0 saturated heterocycles. The maximum atomic E-state index is 11.3. The second-order valence-corrected chi connectivity index (χ2v) is 4.94. The second kappa shape index (κ2) is 6.00. The van der Waals surface area contributed by atoms with Crippen molar-refractivity contribution in [1.29, 1.82) is 0 Å². The quantitative estimate of drug-likeness (QED) is 0.755. The lowest BCUT2D eigenvalue weighted by atomic mass is 10.2. The van der Waals surface area contributed by atoms with Gasteiger partial charge >= 0.3 is 0 Å². The SMILES string of the molecule is CCCC1CN=C(NC(C)C(=O)NC)S1. The van der Waals surface area contributed by atoms with Crippen molar-refractivity contribution in [3.63, 3.8) is 0 Å². The molecule has 2 N–H and O–H groups in total. The number of rotatable bonds is 4. The molecule has 0 aliphatic carbocycles. The summed E-state index contributed by atoms with van der Waals surface area (Å²) in [5.74, 6) is -0.00255. The highest BCUT2D eigenvalue weighted by atomic mass is 32.2. The van der Waals surface area contributed by atoms with Crippen LogP contribution in [-0.4, -0.2) is 36.0 Å². The van der Waals surface area contributed by atoms with Gasteiger partial charge in [0.15, 0.2) is 5.17 Å². The first-order valence-electron chi connectivity index (χ1n) is 5.36. The Labute approximate surface area is 95.3 Å². The minimum atomic E-state index is -0.207. The van der Waals surface area contributed by atoms with Crippen LogP contribution in [0.25, 0.3) is 0 Å². The van der Waals surface area contributed by atoms with E-state index in [1.165, 1.54) is 12.8 Å². The highest BCUT2D eigenvalue weighted by Gasteiger charge is 2.21. The molecule has 1 rings (SSSR count). The first-order valence-corrected chi connectivity index (χ1v) is 6.24. The number of hydrogen-bond donors (Lipinski definition) is 2. The van der Waals surface area contributed by atoms with E-state index < -0.39 is 0 Å². The predicted molar refractivity (Wildman–Crippen MR) is 65.3 cm³/mol. The number of likely N-dealkylation sites (N-methyl/N-ethyl adjacent to an activating group) is 1. The summed E-state index contributed by atoms with van der Waals surface area (Å²) in [6, 6.07) is -0.207. The molecule has 5 heteroatoms. The molecule has 0 aromatic rings. The Morgan fingerprint density at radius 3 is 3.07 bits per heavy atom. The number of amides is 1. The summed E-state index contributed by atoms with van der Waals surface area (Å²) in [6.45, 7) is 4.90. The average Bonchev–Trinajstić information content (AvgIpc) is 2.65. The van der Waals surface area contributed by atoms with Gasteiger partial charge in [-0.05, 0) is 13.3 Å². The van der Waals surface area contributed by atoms with Crippen LogP contribution in [0.5, 0.6) is 0 Å². The van der Waals surface area contributed by atoms with Crippen LogP contribution in [-0.2, 0) is 4.79 Å². The third kappa shape index (κ3) is 3.74. The standard InChI is InChI=1S/C10H19N3OS/c1-4-5-8-6-12-10(15-8)13-7(2)9(14)11-3/h7-8H,4-6H2,1-3H3,(H,11,14)(H,12,13). The lowest BCUT2D eigenvalue weighted by Gasteiger charge is -2.13. The van der Waals surface area contributed by atoms with Gasteiger partial charge in [0.2, 0.25) is 5.91 Å². The summed E-state index contributed by atoms with van der Waals surface area (Å²) in [6.07, 6.45) is 2.37. The number of nitrogens with zero attached hydrogens (tertiary/aromatic N) is 1. The van der Waals surface area contributed by atoms with Crippen molar-refractivity contribution in [2.75, 3.05) is 13.6 Å². The molecule has 0 fully saturated rings. The fourth-order valence-electron chi connectivity index (χ4n) is 1.44. The van der Waals surface area contributed by atoms with Crippen LogP contribution >= 0.6 is 11.8 Å². The highest BCUT2D eigenvalue weighted by molar-refractivity contribution is 8.14. The molecule has 86 valence electrons. The number of amidine groups is 1. The van der Waals surface area contributed by atoms with Crippen LogP contribution < -0.4 is 10.6 Å². The maximum absolute atomic E-state index is 11.3. The molecule has 0 saturated carbocycles. The molecule has 1 heterocycles. The van der Waals surface area contributed by atoms with Crippen LogP contribution in [0.4, 0.5) is 0 Å². The number of nitrogens with one attached hydrogen (secondary N) is 2. The lowest BCUT2D eigenvalue weighted by Crippen LogP contribution is -2.42. The molecule has 1 aliphatic rings. The lowest BCUT2D eigenvalue weighted by molar-refractivity contribution is -0.121. The number of thioether (sulfide) groups is 1. The molecule has 4 nitrogen and oxygen atoms in total. The summed E-state index contributed by atoms with van der Waals surface area (Å²) in [4.78, 5) is 15.6. The number of carbonyl (C=O) groups excluding carboxylic acids is 1. The highest BCUT2D eigenvalue weighted by Crippen LogP contribution is 2.23. The van der Waals surface area contributed by atoms with E-state index in [1.807, 2.05) is 6.92 Å². The summed E-state index contributed by atoms with van der Waals surface area (Å²) < 4.78 is 0. The fraction of sp³-hybridized carbons (Fsp3) is 0.800. The maximum Gasteiger partial charge on any atom is 0.242 e. The molecule has 2 unspecified atom stereocenters. The van der Waals surface area contributed by atoms with Gasteiger partial charge in [-0.3, -0.25) is 9.79 Å². The van der Waals surface area contributed by atoms with E-state index in [9.17, 15) is 4.79 Å². The van der Waals surface area contributed by atoms with Crippen molar-refractivity contribution in [2.24, 2.45) is 4.99 Å². The van der Waals surface area contributed by atoms with Gasteiger partial charge in [-0.25, -0.2) is 0 Å². The van der Waals surface area contributed by atoms with Crippen LogP contribution in [0.3, 0.4) is 0 Å². The van der Waals surface area contributed by atoms with E-state index in [2.05, 4.69) is 22.5 Å². The zero-order chi connectivity index (χ0) is 11.3. The van der Waals surface area contributed by atoms with Gasteiger partial charge in [-0.2, -0.15) is 0 Å². The number of carbonyl (C=O) groups is 1. The monoisotopic (exact) mass is 229 g/mol. The van der Waals surface area contributed by atoms with Gasteiger partial charge in [-0.15, -0.1) is 0 Å². The zero-order valence-electron chi connectivity index (χ0n) is 9.54. The summed E-state index contributed by atoms with van der Waals surface area (Å²) in [5, 5.41) is 7.23. The molecule has 0 radical (unpaired) electrons. The molecule has 15 heavy (non-hydrogen) atoms. The Bertz CT molecular complexity index is 255. The molecule has 0 aromatic heterocycles. The fourth-order valence-corrected chi connectivity index (χ4v) is 2.65. The Morgan fingerprint density at radius 2 is 2.47 bits per heavy atom. The topological polar surface area (TPSA) is 53.5 Å². The predicted octanol–water partition coefficient (Wildman–Crippen LogP) is 0.982. The molecule has 0 aromatic carbocycles.